The fraction of sp³-hybridized carbons (Fsp3) is 0.733. The van der Waals surface area contributed by atoms with Crippen molar-refractivity contribution in [3.05, 3.63) is 21.0 Å². The monoisotopic (exact) mass is 359 g/mol. The molecular formula is C15H26BrN3O2. The Morgan fingerprint density at radius 1 is 1.33 bits per heavy atom. The topological polar surface area (TPSA) is 67.2 Å². The molecule has 0 saturated heterocycles. The van der Waals surface area contributed by atoms with Crippen LogP contribution < -0.4 is 10.9 Å². The van der Waals surface area contributed by atoms with E-state index in [1.165, 1.54) is 30.4 Å². The third kappa shape index (κ3) is 6.61. The van der Waals surface area contributed by atoms with Gasteiger partial charge in [0.15, 0.2) is 0 Å². The van der Waals surface area contributed by atoms with Crippen LogP contribution in [0.25, 0.3) is 0 Å². The molecule has 1 aromatic heterocycles. The molecule has 1 heterocycles. The second kappa shape index (κ2) is 9.95. The zero-order valence-electron chi connectivity index (χ0n) is 12.9. The molecule has 0 saturated carbocycles. The molecule has 0 fully saturated rings. The van der Waals surface area contributed by atoms with Crippen LogP contribution in [0.2, 0.25) is 0 Å². The smallest absolute Gasteiger partial charge is 0.283 e. The lowest BCUT2D eigenvalue weighted by molar-refractivity contribution is 0.266. The van der Waals surface area contributed by atoms with E-state index in [-0.39, 0.29) is 18.7 Å². The Hall–Kier alpha value is -0.880. The molecule has 1 rings (SSSR count). The molecular weight excluding hydrogens is 334 g/mol. The van der Waals surface area contributed by atoms with Crippen molar-refractivity contribution < 1.29 is 5.11 Å². The molecule has 0 atom stereocenters. The molecule has 2 N–H and O–H groups in total. The number of nitrogens with one attached hydrogen (secondary N) is 1. The number of nitrogens with zero attached hydrogens (tertiary/aromatic N) is 2. The van der Waals surface area contributed by atoms with Crippen molar-refractivity contribution >= 4 is 21.6 Å². The van der Waals surface area contributed by atoms with Gasteiger partial charge >= 0.3 is 0 Å². The van der Waals surface area contributed by atoms with Crippen LogP contribution in [0, 0.1) is 5.92 Å². The maximum absolute atomic E-state index is 11.9. The van der Waals surface area contributed by atoms with Crippen LogP contribution in [0.3, 0.4) is 0 Å². The largest absolute Gasteiger partial charge is 0.394 e. The number of aliphatic hydroxyl groups excluding tert-OH is 1. The molecule has 1 aromatic rings. The summed E-state index contributed by atoms with van der Waals surface area (Å²) in [7, 11) is 0. The quantitative estimate of drug-likeness (QED) is 0.630. The highest BCUT2D eigenvalue weighted by Gasteiger charge is 2.07. The average molecular weight is 360 g/mol. The Balaban J connectivity index is 2.33. The van der Waals surface area contributed by atoms with Gasteiger partial charge in [0.2, 0.25) is 0 Å². The summed E-state index contributed by atoms with van der Waals surface area (Å²) in [5.74, 6) is 0.788. The number of aromatic nitrogens is 2. The molecule has 21 heavy (non-hydrogen) atoms. The van der Waals surface area contributed by atoms with Gasteiger partial charge in [0.25, 0.3) is 5.56 Å². The van der Waals surface area contributed by atoms with Crippen molar-refractivity contribution in [2.45, 2.75) is 52.5 Å². The fourth-order valence-corrected chi connectivity index (χ4v) is 2.54. The standard InChI is InChI=1S/C15H26BrN3O2/c1-12(2)7-5-3-4-6-8-17-13-11-18-19(9-10-20)15(21)14(13)16/h11-12,17,20H,3-10H2,1-2H3. The number of halogens is 1. The first-order valence-electron chi connectivity index (χ1n) is 7.66. The summed E-state index contributed by atoms with van der Waals surface area (Å²) in [6.07, 6.45) is 7.76. The molecule has 0 aliphatic carbocycles. The van der Waals surface area contributed by atoms with E-state index in [9.17, 15) is 4.79 Å². The number of anilines is 1. The third-order valence-electron chi connectivity index (χ3n) is 3.32. The summed E-state index contributed by atoms with van der Waals surface area (Å²) in [6.45, 7) is 5.47. The molecule has 0 aliphatic heterocycles. The van der Waals surface area contributed by atoms with Crippen molar-refractivity contribution in [1.29, 1.82) is 0 Å². The van der Waals surface area contributed by atoms with E-state index in [0.29, 0.717) is 4.47 Å². The van der Waals surface area contributed by atoms with E-state index < -0.39 is 0 Å². The van der Waals surface area contributed by atoms with Crippen molar-refractivity contribution in [2.24, 2.45) is 5.92 Å². The Bertz CT molecular complexity index is 474. The van der Waals surface area contributed by atoms with Crippen molar-refractivity contribution in [3.8, 4) is 0 Å². The number of aliphatic hydroxyl groups is 1. The van der Waals surface area contributed by atoms with Gasteiger partial charge in [-0.05, 0) is 28.3 Å². The first-order chi connectivity index (χ1) is 10.1. The summed E-state index contributed by atoms with van der Waals surface area (Å²) >= 11 is 3.29. The van der Waals surface area contributed by atoms with Gasteiger partial charge in [0, 0.05) is 6.54 Å². The van der Waals surface area contributed by atoms with E-state index >= 15 is 0 Å². The lowest BCUT2D eigenvalue weighted by Gasteiger charge is -2.10. The summed E-state index contributed by atoms with van der Waals surface area (Å²) < 4.78 is 1.73. The first kappa shape index (κ1) is 18.2. The molecule has 0 radical (unpaired) electrons. The maximum Gasteiger partial charge on any atom is 0.283 e. The normalized spacial score (nSPS) is 11.1. The summed E-state index contributed by atoms with van der Waals surface area (Å²) in [5, 5.41) is 16.1. The van der Waals surface area contributed by atoms with E-state index in [4.69, 9.17) is 5.11 Å². The molecule has 6 heteroatoms. The van der Waals surface area contributed by atoms with E-state index in [1.54, 1.807) is 6.20 Å². The van der Waals surface area contributed by atoms with Crippen LogP contribution in [-0.4, -0.2) is 28.0 Å². The summed E-state index contributed by atoms with van der Waals surface area (Å²) in [6, 6.07) is 0. The minimum absolute atomic E-state index is 0.0947. The predicted octanol–water partition coefficient (Wildman–Crippen LogP) is 3.02. The maximum atomic E-state index is 11.9. The lowest BCUT2D eigenvalue weighted by atomic mass is 10.0. The Labute approximate surface area is 134 Å². The van der Waals surface area contributed by atoms with Gasteiger partial charge in [0.1, 0.15) is 4.47 Å². The zero-order chi connectivity index (χ0) is 15.7. The summed E-state index contributed by atoms with van der Waals surface area (Å²) in [4.78, 5) is 11.9. The second-order valence-corrected chi connectivity index (χ2v) is 6.44. The van der Waals surface area contributed by atoms with Crippen molar-refractivity contribution in [2.75, 3.05) is 18.5 Å². The van der Waals surface area contributed by atoms with E-state index in [0.717, 1.165) is 24.6 Å². The van der Waals surface area contributed by atoms with Crippen LogP contribution in [0.4, 0.5) is 5.69 Å². The highest BCUT2D eigenvalue weighted by atomic mass is 79.9. The number of hydrogen-bond acceptors (Lipinski definition) is 4. The number of rotatable bonds is 10. The molecule has 0 aliphatic rings. The van der Waals surface area contributed by atoms with Gasteiger partial charge in [0.05, 0.1) is 25.0 Å². The minimum atomic E-state index is -0.217. The first-order valence-corrected chi connectivity index (χ1v) is 8.46. The van der Waals surface area contributed by atoms with Crippen LogP contribution >= 0.6 is 15.9 Å². The highest BCUT2D eigenvalue weighted by molar-refractivity contribution is 9.10. The Morgan fingerprint density at radius 3 is 2.71 bits per heavy atom. The van der Waals surface area contributed by atoms with E-state index in [2.05, 4.69) is 40.2 Å². The molecule has 0 amide bonds. The number of unbranched alkanes of at least 4 members (excludes halogenated alkanes) is 3. The number of hydrogen-bond donors (Lipinski definition) is 2. The van der Waals surface area contributed by atoms with Crippen LogP contribution in [-0.2, 0) is 6.54 Å². The molecule has 0 bridgehead atoms. The minimum Gasteiger partial charge on any atom is -0.394 e. The van der Waals surface area contributed by atoms with Crippen LogP contribution in [0.1, 0.15) is 46.0 Å². The van der Waals surface area contributed by atoms with Gasteiger partial charge in [-0.15, -0.1) is 0 Å². The lowest BCUT2D eigenvalue weighted by Crippen LogP contribution is -2.26. The average Bonchev–Trinajstić information content (AvgIpc) is 2.45. The summed E-state index contributed by atoms with van der Waals surface area (Å²) in [5.41, 5.74) is 0.502. The highest BCUT2D eigenvalue weighted by Crippen LogP contribution is 2.16. The molecule has 120 valence electrons. The van der Waals surface area contributed by atoms with Gasteiger partial charge in [-0.2, -0.15) is 5.10 Å². The molecule has 0 unspecified atom stereocenters. The molecule has 5 nitrogen and oxygen atoms in total. The van der Waals surface area contributed by atoms with Gasteiger partial charge < -0.3 is 10.4 Å². The van der Waals surface area contributed by atoms with Gasteiger partial charge in [-0.25, -0.2) is 4.68 Å². The SMILES string of the molecule is CC(C)CCCCCCNc1cnn(CCO)c(=O)c1Br. The van der Waals surface area contributed by atoms with Crippen LogP contribution in [0.5, 0.6) is 0 Å². The molecule has 0 aromatic carbocycles. The zero-order valence-corrected chi connectivity index (χ0v) is 14.5. The predicted molar refractivity (Wildman–Crippen MR) is 89.7 cm³/mol. The van der Waals surface area contributed by atoms with E-state index in [1.807, 2.05) is 0 Å². The van der Waals surface area contributed by atoms with Crippen molar-refractivity contribution in [1.82, 2.24) is 9.78 Å². The Kier molecular flexibility index (Phi) is 8.61. The van der Waals surface area contributed by atoms with Gasteiger partial charge in [-0.3, -0.25) is 4.79 Å². The third-order valence-corrected chi connectivity index (χ3v) is 4.09. The molecule has 0 spiro atoms. The second-order valence-electron chi connectivity index (χ2n) is 5.65. The fourth-order valence-electron chi connectivity index (χ4n) is 2.10. The van der Waals surface area contributed by atoms with Crippen molar-refractivity contribution in [3.63, 3.8) is 0 Å². The van der Waals surface area contributed by atoms with Crippen LogP contribution in [0.15, 0.2) is 15.5 Å². The Morgan fingerprint density at radius 2 is 2.05 bits per heavy atom. The van der Waals surface area contributed by atoms with Gasteiger partial charge in [-0.1, -0.05) is 39.5 Å².